The first kappa shape index (κ1) is 15.0. The van der Waals surface area contributed by atoms with Gasteiger partial charge in [0.1, 0.15) is 5.60 Å². The molecule has 5 heteroatoms. The molecule has 1 aliphatic heterocycles. The quantitative estimate of drug-likeness (QED) is 0.801. The molecule has 0 saturated carbocycles. The summed E-state index contributed by atoms with van der Waals surface area (Å²) in [7, 11) is 1.65. The van der Waals surface area contributed by atoms with E-state index in [1.54, 1.807) is 7.11 Å². The summed E-state index contributed by atoms with van der Waals surface area (Å²) in [5.74, 6) is -0.394. The third kappa shape index (κ3) is 3.36. The largest absolute Gasteiger partial charge is 0.378 e. The van der Waals surface area contributed by atoms with Crippen molar-refractivity contribution in [2.75, 3.05) is 33.4 Å². The highest BCUT2D eigenvalue weighted by molar-refractivity contribution is 5.84. The summed E-state index contributed by atoms with van der Waals surface area (Å²) in [5.41, 5.74) is 6.27. The lowest BCUT2D eigenvalue weighted by Crippen LogP contribution is -2.46. The third-order valence-corrected chi connectivity index (χ3v) is 3.84. The van der Waals surface area contributed by atoms with Gasteiger partial charge in [-0.25, -0.2) is 0 Å². The fourth-order valence-electron chi connectivity index (χ4n) is 2.41. The van der Waals surface area contributed by atoms with E-state index in [9.17, 15) is 4.79 Å². The maximum Gasteiger partial charge on any atom is 0.228 e. The topological polar surface area (TPSA) is 73.6 Å². The number of nitrogens with one attached hydrogen (secondary N) is 1. The lowest BCUT2D eigenvalue weighted by atomic mass is 9.97. The molecular formula is C15H22N2O3. The Balaban J connectivity index is 1.96. The van der Waals surface area contributed by atoms with Gasteiger partial charge < -0.3 is 20.5 Å². The molecule has 2 rings (SSSR count). The number of carbonyl (C=O) groups is 1. The number of hydrogen-bond acceptors (Lipinski definition) is 4. The second-order valence-electron chi connectivity index (χ2n) is 5.11. The van der Waals surface area contributed by atoms with E-state index < -0.39 is 5.60 Å². The van der Waals surface area contributed by atoms with Crippen molar-refractivity contribution in [1.29, 1.82) is 0 Å². The fraction of sp³-hybridized carbons (Fsp3) is 0.533. The maximum atomic E-state index is 12.3. The summed E-state index contributed by atoms with van der Waals surface area (Å²) >= 11 is 0. The van der Waals surface area contributed by atoms with Gasteiger partial charge in [0.2, 0.25) is 5.91 Å². The Labute approximate surface area is 119 Å². The highest BCUT2D eigenvalue weighted by Crippen LogP contribution is 2.22. The van der Waals surface area contributed by atoms with Gasteiger partial charge in [-0.3, -0.25) is 4.79 Å². The number of ether oxygens (including phenoxy) is 2. The molecule has 3 N–H and O–H groups in total. The zero-order valence-electron chi connectivity index (χ0n) is 11.8. The van der Waals surface area contributed by atoms with E-state index in [-0.39, 0.29) is 18.4 Å². The number of carbonyl (C=O) groups excluding carboxylic acids is 1. The van der Waals surface area contributed by atoms with Crippen LogP contribution >= 0.6 is 0 Å². The van der Waals surface area contributed by atoms with Gasteiger partial charge in [0.25, 0.3) is 0 Å². The molecule has 110 valence electrons. The summed E-state index contributed by atoms with van der Waals surface area (Å²) in [6.45, 7) is 1.92. The van der Waals surface area contributed by atoms with Crippen LogP contribution in [0, 0.1) is 0 Å². The zero-order chi connectivity index (χ0) is 14.4. The van der Waals surface area contributed by atoms with Gasteiger partial charge in [0.05, 0.1) is 12.5 Å². The van der Waals surface area contributed by atoms with Crippen LogP contribution in [0.15, 0.2) is 30.3 Å². The van der Waals surface area contributed by atoms with E-state index >= 15 is 0 Å². The van der Waals surface area contributed by atoms with Crippen LogP contribution < -0.4 is 11.1 Å². The molecule has 0 bridgehead atoms. The monoisotopic (exact) mass is 278 g/mol. The number of methoxy groups -OCH3 is 1. The Hall–Kier alpha value is -1.43. The van der Waals surface area contributed by atoms with E-state index in [1.807, 2.05) is 30.3 Å². The van der Waals surface area contributed by atoms with Crippen LogP contribution in [-0.2, 0) is 14.3 Å². The van der Waals surface area contributed by atoms with E-state index in [4.69, 9.17) is 15.2 Å². The first-order valence-electron chi connectivity index (χ1n) is 6.86. The number of nitrogens with two attached hydrogens (primary N) is 1. The lowest BCUT2D eigenvalue weighted by molar-refractivity contribution is -0.124. The van der Waals surface area contributed by atoms with Crippen LogP contribution in [0.1, 0.15) is 17.9 Å². The molecule has 1 heterocycles. The van der Waals surface area contributed by atoms with Gasteiger partial charge in [0.15, 0.2) is 0 Å². The second kappa shape index (κ2) is 6.83. The molecule has 0 aromatic heterocycles. The Morgan fingerprint density at radius 3 is 2.80 bits per heavy atom. The minimum atomic E-state index is -0.397. The average molecular weight is 278 g/mol. The summed E-state index contributed by atoms with van der Waals surface area (Å²) in [6.07, 6.45) is 0.794. The molecule has 1 saturated heterocycles. The average Bonchev–Trinajstić information content (AvgIpc) is 2.97. The molecule has 0 radical (unpaired) electrons. The molecule has 1 aromatic carbocycles. The molecule has 2 unspecified atom stereocenters. The van der Waals surface area contributed by atoms with E-state index in [0.29, 0.717) is 19.8 Å². The Kier molecular flexibility index (Phi) is 5.11. The van der Waals surface area contributed by atoms with Crippen molar-refractivity contribution in [1.82, 2.24) is 5.32 Å². The first-order valence-corrected chi connectivity index (χ1v) is 6.86. The van der Waals surface area contributed by atoms with E-state index in [0.717, 1.165) is 12.0 Å². The molecule has 5 nitrogen and oxygen atoms in total. The predicted octanol–water partition coefficient (Wildman–Crippen LogP) is 0.651. The summed E-state index contributed by atoms with van der Waals surface area (Å²) in [6, 6.07) is 9.58. The van der Waals surface area contributed by atoms with Crippen molar-refractivity contribution in [2.24, 2.45) is 5.73 Å². The van der Waals surface area contributed by atoms with Gasteiger partial charge in [0, 0.05) is 33.2 Å². The van der Waals surface area contributed by atoms with Gasteiger partial charge in [-0.1, -0.05) is 30.3 Å². The summed E-state index contributed by atoms with van der Waals surface area (Å²) in [4.78, 5) is 12.3. The van der Waals surface area contributed by atoms with Crippen molar-refractivity contribution in [2.45, 2.75) is 17.9 Å². The number of hydrogen-bond donors (Lipinski definition) is 2. The van der Waals surface area contributed by atoms with E-state index in [2.05, 4.69) is 5.32 Å². The normalized spacial score (nSPS) is 23.5. The van der Waals surface area contributed by atoms with Crippen LogP contribution in [0.4, 0.5) is 0 Å². The number of amides is 1. The van der Waals surface area contributed by atoms with Crippen molar-refractivity contribution < 1.29 is 14.3 Å². The maximum absolute atomic E-state index is 12.3. The molecular weight excluding hydrogens is 256 g/mol. The molecule has 0 spiro atoms. The standard InChI is InChI=1S/C15H22N2O3/c1-19-15(7-8-20-11-15)10-17-14(18)13(9-16)12-5-3-2-4-6-12/h2-6,13H,7-11,16H2,1H3,(H,17,18). The number of benzene rings is 1. The molecule has 1 aliphatic rings. The highest BCUT2D eigenvalue weighted by Gasteiger charge is 2.35. The SMILES string of the molecule is COC1(CNC(=O)C(CN)c2ccccc2)CCOC1. The van der Waals surface area contributed by atoms with Crippen molar-refractivity contribution in [3.05, 3.63) is 35.9 Å². The minimum absolute atomic E-state index is 0.0676. The van der Waals surface area contributed by atoms with Gasteiger partial charge in [-0.2, -0.15) is 0 Å². The fourth-order valence-corrected chi connectivity index (χ4v) is 2.41. The Morgan fingerprint density at radius 1 is 1.50 bits per heavy atom. The summed E-state index contributed by atoms with van der Waals surface area (Å²) < 4.78 is 10.9. The number of rotatable bonds is 6. The molecule has 20 heavy (non-hydrogen) atoms. The Morgan fingerprint density at radius 2 is 2.25 bits per heavy atom. The molecule has 2 atom stereocenters. The van der Waals surface area contributed by atoms with Crippen molar-refractivity contribution >= 4 is 5.91 Å². The van der Waals surface area contributed by atoms with Crippen LogP contribution in [0.2, 0.25) is 0 Å². The molecule has 1 fully saturated rings. The van der Waals surface area contributed by atoms with Gasteiger partial charge in [-0.15, -0.1) is 0 Å². The Bertz CT molecular complexity index is 430. The third-order valence-electron chi connectivity index (χ3n) is 3.84. The second-order valence-corrected chi connectivity index (χ2v) is 5.11. The first-order chi connectivity index (χ1) is 9.71. The zero-order valence-corrected chi connectivity index (χ0v) is 11.8. The van der Waals surface area contributed by atoms with Crippen LogP contribution in [0.5, 0.6) is 0 Å². The van der Waals surface area contributed by atoms with E-state index in [1.165, 1.54) is 0 Å². The van der Waals surface area contributed by atoms with Crippen LogP contribution in [0.3, 0.4) is 0 Å². The summed E-state index contributed by atoms with van der Waals surface area (Å²) in [5, 5.41) is 2.94. The molecule has 1 aromatic rings. The van der Waals surface area contributed by atoms with Crippen LogP contribution in [-0.4, -0.2) is 44.9 Å². The van der Waals surface area contributed by atoms with Crippen molar-refractivity contribution in [3.8, 4) is 0 Å². The van der Waals surface area contributed by atoms with Gasteiger partial charge in [-0.05, 0) is 5.56 Å². The smallest absolute Gasteiger partial charge is 0.228 e. The predicted molar refractivity (Wildman–Crippen MR) is 76.4 cm³/mol. The lowest BCUT2D eigenvalue weighted by Gasteiger charge is -2.27. The van der Waals surface area contributed by atoms with Gasteiger partial charge >= 0.3 is 0 Å². The highest BCUT2D eigenvalue weighted by atomic mass is 16.5. The minimum Gasteiger partial charge on any atom is -0.378 e. The van der Waals surface area contributed by atoms with Crippen LogP contribution in [0.25, 0.3) is 0 Å². The molecule has 0 aliphatic carbocycles. The molecule has 1 amide bonds. The van der Waals surface area contributed by atoms with Crippen molar-refractivity contribution in [3.63, 3.8) is 0 Å².